The standard InChI is InChI=1S/C22H14F6O/c1-2-3-13-5-9-17-16(10-13)8-7-15(20(17)25)6-4-14-11-18(23)21(19(24)12-14)29-22(26,27)28/h5,7-12H,2-3H2,1H3. The Morgan fingerprint density at radius 2 is 1.59 bits per heavy atom. The Labute approximate surface area is 162 Å². The first-order valence-electron chi connectivity index (χ1n) is 8.66. The fourth-order valence-electron chi connectivity index (χ4n) is 2.87. The Morgan fingerprint density at radius 3 is 2.21 bits per heavy atom. The van der Waals surface area contributed by atoms with Crippen LogP contribution in [0.15, 0.2) is 42.5 Å². The van der Waals surface area contributed by atoms with Gasteiger partial charge in [-0.1, -0.05) is 49.5 Å². The first-order valence-corrected chi connectivity index (χ1v) is 8.66. The molecule has 0 atom stereocenters. The zero-order valence-corrected chi connectivity index (χ0v) is 15.1. The molecule has 0 aliphatic carbocycles. The van der Waals surface area contributed by atoms with Gasteiger partial charge in [-0.05, 0) is 35.6 Å². The van der Waals surface area contributed by atoms with Gasteiger partial charge < -0.3 is 4.74 Å². The number of alkyl halides is 3. The number of fused-ring (bicyclic) bond motifs is 1. The van der Waals surface area contributed by atoms with E-state index in [0.29, 0.717) is 22.9 Å². The van der Waals surface area contributed by atoms with Crippen molar-refractivity contribution in [3.8, 4) is 17.6 Å². The van der Waals surface area contributed by atoms with Gasteiger partial charge >= 0.3 is 6.36 Å². The largest absolute Gasteiger partial charge is 0.573 e. The molecule has 0 spiro atoms. The van der Waals surface area contributed by atoms with Crippen LogP contribution in [0.1, 0.15) is 30.0 Å². The van der Waals surface area contributed by atoms with Gasteiger partial charge in [0.25, 0.3) is 0 Å². The van der Waals surface area contributed by atoms with Crippen LogP contribution in [0.3, 0.4) is 0 Å². The van der Waals surface area contributed by atoms with Crippen molar-refractivity contribution in [3.63, 3.8) is 0 Å². The van der Waals surface area contributed by atoms with Gasteiger partial charge in [0.15, 0.2) is 11.6 Å². The molecule has 29 heavy (non-hydrogen) atoms. The van der Waals surface area contributed by atoms with Crippen molar-refractivity contribution >= 4 is 10.8 Å². The predicted octanol–water partition coefficient (Wildman–Crippen LogP) is 6.51. The minimum atomic E-state index is -5.24. The molecule has 150 valence electrons. The minimum absolute atomic E-state index is 0.00261. The summed E-state index contributed by atoms with van der Waals surface area (Å²) < 4.78 is 82.1. The lowest BCUT2D eigenvalue weighted by Gasteiger charge is -2.10. The third kappa shape index (κ3) is 4.83. The molecule has 0 bridgehead atoms. The second-order valence-corrected chi connectivity index (χ2v) is 6.30. The van der Waals surface area contributed by atoms with E-state index in [2.05, 4.69) is 16.6 Å². The van der Waals surface area contributed by atoms with E-state index in [9.17, 15) is 26.3 Å². The minimum Gasteiger partial charge on any atom is -0.399 e. The summed E-state index contributed by atoms with van der Waals surface area (Å²) >= 11 is 0. The van der Waals surface area contributed by atoms with Crippen LogP contribution in [0.2, 0.25) is 0 Å². The molecular weight excluding hydrogens is 394 g/mol. The molecule has 0 saturated heterocycles. The van der Waals surface area contributed by atoms with Crippen molar-refractivity contribution in [3.05, 3.63) is 76.6 Å². The molecule has 0 aromatic heterocycles. The van der Waals surface area contributed by atoms with Gasteiger partial charge in [-0.3, -0.25) is 0 Å². The lowest BCUT2D eigenvalue weighted by molar-refractivity contribution is -0.276. The highest BCUT2D eigenvalue weighted by Crippen LogP contribution is 2.29. The van der Waals surface area contributed by atoms with E-state index >= 15 is 0 Å². The third-order valence-corrected chi connectivity index (χ3v) is 4.11. The van der Waals surface area contributed by atoms with Gasteiger partial charge in [-0.25, -0.2) is 13.2 Å². The molecule has 1 nitrogen and oxygen atoms in total. The molecule has 0 radical (unpaired) electrons. The summed E-state index contributed by atoms with van der Waals surface area (Å²) in [6, 6.07) is 9.64. The molecule has 3 aromatic carbocycles. The van der Waals surface area contributed by atoms with E-state index < -0.39 is 29.6 Å². The quantitative estimate of drug-likeness (QED) is 0.355. The molecule has 0 aliphatic rings. The van der Waals surface area contributed by atoms with Gasteiger partial charge in [0, 0.05) is 10.9 Å². The molecule has 0 N–H and O–H groups in total. The zero-order valence-electron chi connectivity index (χ0n) is 15.1. The molecule has 0 fully saturated rings. The van der Waals surface area contributed by atoms with E-state index in [1.54, 1.807) is 12.1 Å². The van der Waals surface area contributed by atoms with Gasteiger partial charge in [0.2, 0.25) is 5.75 Å². The fraction of sp³-hybridized carbons (Fsp3) is 0.182. The predicted molar refractivity (Wildman–Crippen MR) is 96.9 cm³/mol. The second-order valence-electron chi connectivity index (χ2n) is 6.30. The lowest BCUT2D eigenvalue weighted by Crippen LogP contribution is -2.19. The summed E-state index contributed by atoms with van der Waals surface area (Å²) in [5.74, 6) is -0.451. The summed E-state index contributed by atoms with van der Waals surface area (Å²) in [5.41, 5.74) is 0.815. The number of hydrogen-bond acceptors (Lipinski definition) is 1. The summed E-state index contributed by atoms with van der Waals surface area (Å²) in [6.45, 7) is 2.04. The third-order valence-electron chi connectivity index (χ3n) is 4.11. The van der Waals surface area contributed by atoms with Crippen LogP contribution in [-0.2, 0) is 6.42 Å². The smallest absolute Gasteiger partial charge is 0.399 e. The monoisotopic (exact) mass is 408 g/mol. The van der Waals surface area contributed by atoms with E-state index in [1.807, 2.05) is 19.1 Å². The number of aryl methyl sites for hydroxylation is 1. The SMILES string of the molecule is CCCc1ccc2c(F)c(C#Cc3cc(F)c(OC(F)(F)F)c(F)c3)ccc2c1. The molecule has 3 aromatic rings. The van der Waals surface area contributed by atoms with Crippen LogP contribution in [0.5, 0.6) is 5.75 Å². The Hall–Kier alpha value is -3.14. The first kappa shape index (κ1) is 20.6. The highest BCUT2D eigenvalue weighted by Gasteiger charge is 2.34. The first-order chi connectivity index (χ1) is 13.7. The Kier molecular flexibility index (Phi) is 5.73. The highest BCUT2D eigenvalue weighted by molar-refractivity contribution is 5.85. The molecule has 0 heterocycles. The molecule has 3 rings (SSSR count). The average molecular weight is 408 g/mol. The summed E-state index contributed by atoms with van der Waals surface area (Å²) in [6.07, 6.45) is -3.41. The van der Waals surface area contributed by atoms with E-state index in [0.717, 1.165) is 18.4 Å². The van der Waals surface area contributed by atoms with Crippen LogP contribution >= 0.6 is 0 Å². The van der Waals surface area contributed by atoms with E-state index in [1.165, 1.54) is 6.07 Å². The molecule has 0 saturated carbocycles. The molecular formula is C22H14F6O. The van der Waals surface area contributed by atoms with Crippen molar-refractivity contribution in [1.82, 2.24) is 0 Å². The van der Waals surface area contributed by atoms with Crippen molar-refractivity contribution in [2.75, 3.05) is 0 Å². The summed E-state index contributed by atoms with van der Waals surface area (Å²) in [5, 5.41) is 1.05. The number of hydrogen-bond donors (Lipinski definition) is 0. The van der Waals surface area contributed by atoms with E-state index in [-0.39, 0.29) is 11.1 Å². The number of rotatable bonds is 3. The fourth-order valence-corrected chi connectivity index (χ4v) is 2.87. The number of ether oxygens (including phenoxy) is 1. The normalized spacial score (nSPS) is 11.3. The van der Waals surface area contributed by atoms with Gasteiger partial charge in [-0.15, -0.1) is 13.2 Å². The number of halogens is 6. The Morgan fingerprint density at radius 1 is 0.897 bits per heavy atom. The lowest BCUT2D eigenvalue weighted by atomic mass is 10.0. The van der Waals surface area contributed by atoms with Gasteiger partial charge in [-0.2, -0.15) is 0 Å². The maximum absolute atomic E-state index is 14.7. The maximum Gasteiger partial charge on any atom is 0.573 e. The van der Waals surface area contributed by atoms with Crippen LogP contribution in [0, 0.1) is 29.3 Å². The van der Waals surface area contributed by atoms with Crippen molar-refractivity contribution in [1.29, 1.82) is 0 Å². The van der Waals surface area contributed by atoms with Crippen LogP contribution in [-0.4, -0.2) is 6.36 Å². The summed E-state index contributed by atoms with van der Waals surface area (Å²) in [4.78, 5) is 0. The maximum atomic E-state index is 14.7. The van der Waals surface area contributed by atoms with Gasteiger partial charge in [0.05, 0.1) is 5.56 Å². The van der Waals surface area contributed by atoms with Crippen LogP contribution < -0.4 is 4.74 Å². The zero-order chi connectivity index (χ0) is 21.2. The van der Waals surface area contributed by atoms with Crippen molar-refractivity contribution in [2.45, 2.75) is 26.1 Å². The van der Waals surface area contributed by atoms with Crippen LogP contribution in [0.25, 0.3) is 10.8 Å². The van der Waals surface area contributed by atoms with Crippen LogP contribution in [0.4, 0.5) is 26.3 Å². The second kappa shape index (κ2) is 8.08. The Bertz CT molecular complexity index is 1100. The molecule has 0 aliphatic heterocycles. The Balaban J connectivity index is 1.94. The topological polar surface area (TPSA) is 9.23 Å². The highest BCUT2D eigenvalue weighted by atomic mass is 19.4. The molecule has 7 heteroatoms. The van der Waals surface area contributed by atoms with Crippen molar-refractivity contribution < 1.29 is 31.1 Å². The van der Waals surface area contributed by atoms with Gasteiger partial charge in [0.1, 0.15) is 5.82 Å². The molecule has 0 amide bonds. The van der Waals surface area contributed by atoms with Crippen molar-refractivity contribution in [2.24, 2.45) is 0 Å². The summed E-state index contributed by atoms with van der Waals surface area (Å²) in [7, 11) is 0. The average Bonchev–Trinajstić information content (AvgIpc) is 2.64. The number of benzene rings is 3. The molecule has 0 unspecified atom stereocenters. The van der Waals surface area contributed by atoms with E-state index in [4.69, 9.17) is 0 Å².